The number of aryl methyl sites for hydroxylation is 1. The van der Waals surface area contributed by atoms with E-state index in [0.717, 1.165) is 5.56 Å². The lowest BCUT2D eigenvalue weighted by Crippen LogP contribution is -2.15. The fraction of sp³-hybridized carbons (Fsp3) is 0.200. The molecule has 2 heterocycles. The Morgan fingerprint density at radius 1 is 1.41 bits per heavy atom. The van der Waals surface area contributed by atoms with Crippen molar-refractivity contribution in [2.45, 2.75) is 10.9 Å². The number of hydrogen-bond acceptors (Lipinski definition) is 6. The zero-order valence-corrected chi connectivity index (χ0v) is 9.89. The summed E-state index contributed by atoms with van der Waals surface area (Å²) in [6.45, 7) is 0. The maximum Gasteiger partial charge on any atom is 0.336 e. The van der Waals surface area contributed by atoms with Gasteiger partial charge in [-0.05, 0) is 17.7 Å². The van der Waals surface area contributed by atoms with Crippen molar-refractivity contribution in [3.05, 3.63) is 40.4 Å². The molecule has 1 N–H and O–H groups in total. The second kappa shape index (κ2) is 4.96. The maximum atomic E-state index is 11.1. The molecule has 0 spiro atoms. The Bertz CT molecular complexity index is 570. The first-order chi connectivity index (χ1) is 8.16. The molecule has 2 aromatic rings. The Hall–Kier alpha value is -1.89. The number of thioether (sulfide) groups is 1. The van der Waals surface area contributed by atoms with Gasteiger partial charge in [0.25, 0.3) is 5.88 Å². The molecular formula is C10H10N4O2S. The number of rotatable bonds is 3. The third-order valence-corrected chi connectivity index (χ3v) is 3.12. The van der Waals surface area contributed by atoms with Crippen molar-refractivity contribution in [3.63, 3.8) is 0 Å². The van der Waals surface area contributed by atoms with Crippen LogP contribution in [0.25, 0.3) is 0 Å². The summed E-state index contributed by atoms with van der Waals surface area (Å²) in [6, 6.07) is 3.78. The Balaban J connectivity index is 2.15. The van der Waals surface area contributed by atoms with Crippen LogP contribution in [0.4, 0.5) is 0 Å². The van der Waals surface area contributed by atoms with Gasteiger partial charge in [0.2, 0.25) is 0 Å². The summed E-state index contributed by atoms with van der Waals surface area (Å²) in [6.07, 6.45) is 3.41. The standard InChI is InChI=1S/C10H10N4O2S/c1-14-10(12-8(15)9(16)13-14)17-6-7-2-4-11-5-3-7/h2-5H,6H2,1H3,(H,13,16). The molecule has 7 heteroatoms. The van der Waals surface area contributed by atoms with Gasteiger partial charge in [0.15, 0.2) is 5.16 Å². The quantitative estimate of drug-likeness (QED) is 0.802. The van der Waals surface area contributed by atoms with Gasteiger partial charge in [-0.25, -0.2) is 4.68 Å². The first-order valence-corrected chi connectivity index (χ1v) is 5.81. The molecule has 0 fully saturated rings. The van der Waals surface area contributed by atoms with E-state index >= 15 is 0 Å². The van der Waals surface area contributed by atoms with Crippen molar-refractivity contribution in [2.75, 3.05) is 0 Å². The molecule has 0 radical (unpaired) electrons. The molecule has 0 saturated heterocycles. The largest absolute Gasteiger partial charge is 0.488 e. The van der Waals surface area contributed by atoms with Gasteiger partial charge in [0, 0.05) is 25.2 Å². The molecule has 0 unspecified atom stereocenters. The Morgan fingerprint density at radius 3 is 2.82 bits per heavy atom. The van der Waals surface area contributed by atoms with Crippen LogP contribution in [0.1, 0.15) is 5.56 Å². The summed E-state index contributed by atoms with van der Waals surface area (Å²) in [4.78, 5) is 18.8. The number of aromatic hydroxyl groups is 1. The van der Waals surface area contributed by atoms with E-state index in [1.54, 1.807) is 19.4 Å². The Labute approximate surface area is 101 Å². The highest BCUT2D eigenvalue weighted by atomic mass is 32.2. The highest BCUT2D eigenvalue weighted by Gasteiger charge is 2.07. The summed E-state index contributed by atoms with van der Waals surface area (Å²) in [7, 11) is 1.63. The second-order valence-corrected chi connectivity index (χ2v) is 4.23. The van der Waals surface area contributed by atoms with Crippen molar-refractivity contribution in [3.8, 4) is 5.88 Å². The number of nitrogens with zero attached hydrogens (tertiary/aromatic N) is 4. The van der Waals surface area contributed by atoms with E-state index in [9.17, 15) is 4.79 Å². The van der Waals surface area contributed by atoms with Crippen molar-refractivity contribution in [1.82, 2.24) is 19.7 Å². The first kappa shape index (κ1) is 11.6. The zero-order chi connectivity index (χ0) is 12.3. The zero-order valence-electron chi connectivity index (χ0n) is 9.07. The molecule has 0 aliphatic carbocycles. The molecule has 0 aliphatic heterocycles. The van der Waals surface area contributed by atoms with Crippen LogP contribution in [-0.2, 0) is 12.8 Å². The smallest absolute Gasteiger partial charge is 0.336 e. The molecule has 0 amide bonds. The summed E-state index contributed by atoms with van der Waals surface area (Å²) < 4.78 is 1.38. The van der Waals surface area contributed by atoms with Crippen LogP contribution >= 0.6 is 11.8 Å². The van der Waals surface area contributed by atoms with Crippen molar-refractivity contribution in [2.24, 2.45) is 7.05 Å². The molecular weight excluding hydrogens is 240 g/mol. The normalized spacial score (nSPS) is 10.4. The van der Waals surface area contributed by atoms with Gasteiger partial charge in [-0.2, -0.15) is 4.98 Å². The topological polar surface area (TPSA) is 80.9 Å². The van der Waals surface area contributed by atoms with E-state index in [0.29, 0.717) is 10.9 Å². The van der Waals surface area contributed by atoms with Crippen LogP contribution in [0.5, 0.6) is 5.88 Å². The van der Waals surface area contributed by atoms with Crippen LogP contribution in [0.2, 0.25) is 0 Å². The minimum atomic E-state index is -0.708. The SMILES string of the molecule is Cn1nc(O)c(=O)nc1SCc1ccncc1. The molecule has 2 rings (SSSR count). The highest BCUT2D eigenvalue weighted by molar-refractivity contribution is 7.98. The number of pyridine rings is 1. The van der Waals surface area contributed by atoms with Crippen LogP contribution in [0, 0.1) is 0 Å². The van der Waals surface area contributed by atoms with Crippen LogP contribution < -0.4 is 5.56 Å². The van der Waals surface area contributed by atoms with Gasteiger partial charge in [0.05, 0.1) is 0 Å². The summed E-state index contributed by atoms with van der Waals surface area (Å²) in [5.74, 6) is 0.0793. The van der Waals surface area contributed by atoms with Crippen molar-refractivity contribution >= 4 is 11.8 Å². The van der Waals surface area contributed by atoms with E-state index in [1.807, 2.05) is 12.1 Å². The van der Waals surface area contributed by atoms with Gasteiger partial charge < -0.3 is 5.11 Å². The van der Waals surface area contributed by atoms with Crippen LogP contribution in [-0.4, -0.2) is 24.9 Å². The van der Waals surface area contributed by atoms with Crippen molar-refractivity contribution in [1.29, 1.82) is 0 Å². The summed E-state index contributed by atoms with van der Waals surface area (Å²) >= 11 is 1.37. The van der Waals surface area contributed by atoms with Gasteiger partial charge in [-0.15, -0.1) is 5.10 Å². The molecule has 0 atom stereocenters. The summed E-state index contributed by atoms with van der Waals surface area (Å²) in [5, 5.41) is 13.2. The molecule has 0 aromatic carbocycles. The highest BCUT2D eigenvalue weighted by Crippen LogP contribution is 2.18. The Kier molecular flexibility index (Phi) is 3.38. The van der Waals surface area contributed by atoms with Gasteiger partial charge in [-0.1, -0.05) is 11.8 Å². The average Bonchev–Trinajstić information content (AvgIpc) is 2.33. The Morgan fingerprint density at radius 2 is 2.12 bits per heavy atom. The van der Waals surface area contributed by atoms with Gasteiger partial charge in [-0.3, -0.25) is 9.78 Å². The molecule has 0 bridgehead atoms. The van der Waals surface area contributed by atoms with E-state index in [2.05, 4.69) is 15.1 Å². The molecule has 0 saturated carbocycles. The first-order valence-electron chi connectivity index (χ1n) is 4.83. The number of aromatic nitrogens is 4. The minimum absolute atomic E-state index is 0.463. The third kappa shape index (κ3) is 2.82. The second-order valence-electron chi connectivity index (χ2n) is 3.29. The fourth-order valence-electron chi connectivity index (χ4n) is 1.19. The third-order valence-electron chi connectivity index (χ3n) is 2.03. The van der Waals surface area contributed by atoms with Gasteiger partial charge >= 0.3 is 5.56 Å². The van der Waals surface area contributed by atoms with E-state index in [4.69, 9.17) is 5.11 Å². The predicted octanol–water partition coefficient (Wildman–Crippen LogP) is 0.568. The minimum Gasteiger partial charge on any atom is -0.488 e. The number of hydrogen-bond donors (Lipinski definition) is 1. The van der Waals surface area contributed by atoms with E-state index in [-0.39, 0.29) is 0 Å². The lowest BCUT2D eigenvalue weighted by molar-refractivity contribution is 0.407. The van der Waals surface area contributed by atoms with Crippen molar-refractivity contribution < 1.29 is 5.11 Å². The average molecular weight is 250 g/mol. The van der Waals surface area contributed by atoms with E-state index in [1.165, 1.54) is 16.4 Å². The summed E-state index contributed by atoms with van der Waals surface area (Å²) in [5.41, 5.74) is 0.368. The predicted molar refractivity (Wildman–Crippen MR) is 62.7 cm³/mol. The molecule has 0 aliphatic rings. The molecule has 88 valence electrons. The van der Waals surface area contributed by atoms with Crippen LogP contribution in [0.15, 0.2) is 34.5 Å². The lowest BCUT2D eigenvalue weighted by atomic mass is 10.3. The fourth-order valence-corrected chi connectivity index (χ4v) is 2.05. The van der Waals surface area contributed by atoms with Crippen LogP contribution in [0.3, 0.4) is 0 Å². The molecule has 6 nitrogen and oxygen atoms in total. The molecule has 17 heavy (non-hydrogen) atoms. The monoisotopic (exact) mass is 250 g/mol. The lowest BCUT2D eigenvalue weighted by Gasteiger charge is -2.05. The van der Waals surface area contributed by atoms with Gasteiger partial charge in [0.1, 0.15) is 0 Å². The maximum absolute atomic E-state index is 11.1. The molecule has 2 aromatic heterocycles. The van der Waals surface area contributed by atoms with E-state index < -0.39 is 11.4 Å².